The van der Waals surface area contributed by atoms with E-state index < -0.39 is 35.0 Å². The van der Waals surface area contributed by atoms with Crippen molar-refractivity contribution in [2.75, 3.05) is 0 Å². The van der Waals surface area contributed by atoms with Crippen LogP contribution in [0, 0.1) is 17.8 Å². The molecular formula is C12H16F2O6S. The van der Waals surface area contributed by atoms with Crippen molar-refractivity contribution in [2.24, 2.45) is 17.8 Å². The molecule has 120 valence electrons. The minimum Gasteiger partial charge on any atom is -0.454 e. The van der Waals surface area contributed by atoms with Crippen LogP contribution in [0.1, 0.15) is 32.1 Å². The van der Waals surface area contributed by atoms with E-state index in [-0.39, 0.29) is 11.8 Å². The highest BCUT2D eigenvalue weighted by Crippen LogP contribution is 2.57. The van der Waals surface area contributed by atoms with Gasteiger partial charge in [0.1, 0.15) is 17.6 Å². The summed E-state index contributed by atoms with van der Waals surface area (Å²) in [4.78, 5) is 11.7. The molecule has 4 saturated carbocycles. The lowest BCUT2D eigenvalue weighted by molar-refractivity contribution is -0.433. The molecule has 0 saturated heterocycles. The number of aliphatic hydroxyl groups excluding tert-OH is 1. The van der Waals surface area contributed by atoms with E-state index in [1.54, 1.807) is 0 Å². The second kappa shape index (κ2) is 5.31. The molecule has 4 aliphatic carbocycles. The molecule has 0 amide bonds. The van der Waals surface area contributed by atoms with Crippen LogP contribution in [0.25, 0.3) is 0 Å². The molecule has 0 aliphatic heterocycles. The molecular weight excluding hydrogens is 310 g/mol. The molecule has 4 aliphatic rings. The van der Waals surface area contributed by atoms with Gasteiger partial charge in [-0.15, -0.1) is 4.33 Å². The summed E-state index contributed by atoms with van der Waals surface area (Å²) >= 11 is -0.614. The standard InChI is InChI=1S/C12H16F2O6S/c13-12(14,21-20-19-17)10(16)18-11-3-6-1-7(4-11)9(15)8(2-6)5-11/h6-9,15,17H,1-5H2. The van der Waals surface area contributed by atoms with Gasteiger partial charge in [-0.2, -0.15) is 8.78 Å². The number of aliphatic hydroxyl groups is 1. The van der Waals surface area contributed by atoms with Gasteiger partial charge in [-0.25, -0.2) is 10.1 Å². The molecule has 6 nitrogen and oxygen atoms in total. The van der Waals surface area contributed by atoms with Crippen molar-refractivity contribution in [3.8, 4) is 0 Å². The summed E-state index contributed by atoms with van der Waals surface area (Å²) in [7, 11) is 0. The zero-order valence-electron chi connectivity index (χ0n) is 11.0. The maximum absolute atomic E-state index is 13.5. The Hall–Kier alpha value is -0.480. The number of ether oxygens (including phenoxy) is 1. The van der Waals surface area contributed by atoms with Gasteiger partial charge in [0.25, 0.3) is 0 Å². The molecule has 9 heteroatoms. The van der Waals surface area contributed by atoms with E-state index in [4.69, 9.17) is 9.99 Å². The lowest BCUT2D eigenvalue weighted by atomic mass is 9.53. The summed E-state index contributed by atoms with van der Waals surface area (Å²) in [5, 5.41) is 17.1. The lowest BCUT2D eigenvalue weighted by Crippen LogP contribution is -2.59. The largest absolute Gasteiger partial charge is 0.454 e. The van der Waals surface area contributed by atoms with Crippen molar-refractivity contribution in [3.05, 3.63) is 0 Å². The second-order valence-corrected chi connectivity index (χ2v) is 7.09. The monoisotopic (exact) mass is 326 g/mol. The minimum atomic E-state index is -3.97. The van der Waals surface area contributed by atoms with Gasteiger partial charge in [0.2, 0.25) is 0 Å². The van der Waals surface area contributed by atoms with E-state index in [2.05, 4.69) is 9.37 Å². The van der Waals surface area contributed by atoms with Crippen LogP contribution >= 0.6 is 12.0 Å². The van der Waals surface area contributed by atoms with Crippen molar-refractivity contribution >= 4 is 18.0 Å². The van der Waals surface area contributed by atoms with E-state index >= 15 is 0 Å². The fourth-order valence-electron chi connectivity index (χ4n) is 4.40. The van der Waals surface area contributed by atoms with E-state index in [1.165, 1.54) is 0 Å². The minimum absolute atomic E-state index is 0.0161. The summed E-state index contributed by atoms with van der Waals surface area (Å²) in [6.07, 6.45) is 2.72. The van der Waals surface area contributed by atoms with Crippen molar-refractivity contribution in [3.63, 3.8) is 0 Å². The predicted octanol–water partition coefficient (Wildman–Crippen LogP) is 2.13. The topological polar surface area (TPSA) is 85.2 Å². The maximum Gasteiger partial charge on any atom is 0.415 e. The second-order valence-electron chi connectivity index (χ2n) is 6.28. The van der Waals surface area contributed by atoms with Crippen molar-refractivity contribution in [1.82, 2.24) is 0 Å². The molecule has 0 spiro atoms. The number of esters is 1. The predicted molar refractivity (Wildman–Crippen MR) is 65.7 cm³/mol. The first-order valence-corrected chi connectivity index (χ1v) is 7.55. The molecule has 0 heterocycles. The Balaban J connectivity index is 1.69. The van der Waals surface area contributed by atoms with Gasteiger partial charge in [0, 0.05) is 0 Å². The van der Waals surface area contributed by atoms with Gasteiger partial charge >= 0.3 is 11.2 Å². The molecule has 4 rings (SSSR count). The highest BCUT2D eigenvalue weighted by Gasteiger charge is 2.59. The number of hydrogen-bond donors (Lipinski definition) is 2. The van der Waals surface area contributed by atoms with Gasteiger partial charge in [-0.3, -0.25) is 0 Å². The summed E-state index contributed by atoms with van der Waals surface area (Å²) < 4.78 is 35.7. The van der Waals surface area contributed by atoms with Crippen LogP contribution in [0.4, 0.5) is 8.78 Å². The Morgan fingerprint density at radius 3 is 2.43 bits per heavy atom. The fourth-order valence-corrected chi connectivity index (χ4v) is 4.62. The van der Waals surface area contributed by atoms with Gasteiger partial charge in [0.05, 0.1) is 6.10 Å². The molecule has 0 aromatic rings. The first kappa shape index (κ1) is 15.4. The first-order valence-electron chi connectivity index (χ1n) is 6.80. The number of alkyl halides is 2. The van der Waals surface area contributed by atoms with Gasteiger partial charge in [0.15, 0.2) is 0 Å². The van der Waals surface area contributed by atoms with Gasteiger partial charge < -0.3 is 9.84 Å². The van der Waals surface area contributed by atoms with E-state index in [9.17, 15) is 18.7 Å². The van der Waals surface area contributed by atoms with Crippen LogP contribution in [0.15, 0.2) is 0 Å². The summed E-state index contributed by atoms with van der Waals surface area (Å²) in [6.45, 7) is 0. The van der Waals surface area contributed by atoms with Crippen LogP contribution in [-0.4, -0.2) is 33.3 Å². The number of halogens is 2. The highest BCUT2D eigenvalue weighted by molar-refractivity contribution is 7.96. The third-order valence-corrected chi connectivity index (χ3v) is 5.39. The number of hydrogen-bond acceptors (Lipinski definition) is 7. The highest BCUT2D eigenvalue weighted by atomic mass is 32.2. The molecule has 0 aromatic carbocycles. The molecule has 4 bridgehead atoms. The number of rotatable bonds is 5. The number of carbonyl (C=O) groups is 1. The SMILES string of the molecule is O=C(OC12CC3CC(C1)C(O)C(C3)C2)C(F)(F)SOOO. The molecule has 2 unspecified atom stereocenters. The van der Waals surface area contributed by atoms with Crippen molar-refractivity contribution in [2.45, 2.75) is 49.1 Å². The Morgan fingerprint density at radius 2 is 1.86 bits per heavy atom. The van der Waals surface area contributed by atoms with Crippen LogP contribution in [0.2, 0.25) is 0 Å². The van der Waals surface area contributed by atoms with E-state index in [1.807, 2.05) is 0 Å². The zero-order chi connectivity index (χ0) is 15.3. The van der Waals surface area contributed by atoms with Crippen LogP contribution in [0.5, 0.6) is 0 Å². The first-order chi connectivity index (χ1) is 9.85. The average Bonchev–Trinajstić information content (AvgIpc) is 2.41. The van der Waals surface area contributed by atoms with E-state index in [0.29, 0.717) is 25.2 Å². The zero-order valence-corrected chi connectivity index (χ0v) is 11.9. The number of carbonyl (C=O) groups excluding carboxylic acids is 1. The lowest BCUT2D eigenvalue weighted by Gasteiger charge is -2.57. The molecule has 0 radical (unpaired) electrons. The van der Waals surface area contributed by atoms with Crippen LogP contribution in [0.3, 0.4) is 0 Å². The fraction of sp³-hybridized carbons (Fsp3) is 0.917. The van der Waals surface area contributed by atoms with Crippen molar-refractivity contribution < 1.29 is 38.0 Å². The molecule has 21 heavy (non-hydrogen) atoms. The molecule has 4 fully saturated rings. The van der Waals surface area contributed by atoms with Crippen molar-refractivity contribution in [1.29, 1.82) is 0 Å². The Morgan fingerprint density at radius 1 is 1.24 bits per heavy atom. The van der Waals surface area contributed by atoms with Crippen LogP contribution < -0.4 is 0 Å². The Kier molecular flexibility index (Phi) is 3.90. The normalized spacial score (nSPS) is 41.3. The van der Waals surface area contributed by atoms with Crippen LogP contribution in [-0.2, 0) is 18.9 Å². The quantitative estimate of drug-likeness (QED) is 0.346. The summed E-state index contributed by atoms with van der Waals surface area (Å²) in [5.74, 6) is -1.36. The van der Waals surface area contributed by atoms with Gasteiger partial charge in [-0.1, -0.05) is 5.04 Å². The van der Waals surface area contributed by atoms with Gasteiger partial charge in [-0.05, 0) is 49.9 Å². The summed E-state index contributed by atoms with van der Waals surface area (Å²) in [6, 6.07) is 0. The van der Waals surface area contributed by atoms with E-state index in [0.717, 1.165) is 12.8 Å². The Labute approximate surface area is 123 Å². The third kappa shape index (κ3) is 2.77. The molecule has 2 N–H and O–H groups in total. The average molecular weight is 326 g/mol. The third-order valence-electron chi connectivity index (χ3n) is 4.88. The Bertz CT molecular complexity index is 418. The maximum atomic E-state index is 13.5. The smallest absolute Gasteiger partial charge is 0.415 e. The molecule has 2 atom stereocenters. The molecule has 0 aromatic heterocycles. The summed E-state index contributed by atoms with van der Waals surface area (Å²) in [5.41, 5.74) is -0.906.